The first-order valence-electron chi connectivity index (χ1n) is 13.1. The fourth-order valence-electron chi connectivity index (χ4n) is 5.47. The Kier molecular flexibility index (Phi) is 9.48. The monoisotopic (exact) mass is 592 g/mol. The first-order valence-corrected chi connectivity index (χ1v) is 14.9. The molecule has 220 valence electrons. The Morgan fingerprint density at radius 3 is 2.29 bits per heavy atom. The van der Waals surface area contributed by atoms with Gasteiger partial charge in [-0.3, -0.25) is 4.79 Å². The zero-order valence-electron chi connectivity index (χ0n) is 22.6. The minimum absolute atomic E-state index is 0.0657. The van der Waals surface area contributed by atoms with Crippen molar-refractivity contribution in [2.75, 3.05) is 24.7 Å². The summed E-state index contributed by atoms with van der Waals surface area (Å²) < 4.78 is 83.1. The highest BCUT2D eigenvalue weighted by Gasteiger charge is 2.35. The van der Waals surface area contributed by atoms with Crippen molar-refractivity contribution < 1.29 is 30.8 Å². The number of nitrogens with zero attached hydrogens (tertiary/aromatic N) is 1. The number of hydrogen-bond donors (Lipinski definition) is 3. The van der Waals surface area contributed by atoms with Gasteiger partial charge in [0.1, 0.15) is 23.3 Å². The van der Waals surface area contributed by atoms with Crippen molar-refractivity contribution in [3.63, 3.8) is 0 Å². The molecule has 0 aliphatic carbocycles. The van der Waals surface area contributed by atoms with Gasteiger partial charge in [-0.05, 0) is 67.3 Å². The van der Waals surface area contributed by atoms with Crippen LogP contribution in [0.2, 0.25) is 0 Å². The first kappa shape index (κ1) is 30.6. The molecule has 12 heteroatoms. The largest absolute Gasteiger partial charge is 0.324 e. The Morgan fingerprint density at radius 1 is 1.00 bits per heavy atom. The van der Waals surface area contributed by atoms with Crippen molar-refractivity contribution in [2.24, 2.45) is 5.73 Å². The second-order valence-electron chi connectivity index (χ2n) is 10.3. The predicted octanol–water partition coefficient (Wildman–Crippen LogP) is 3.90. The van der Waals surface area contributed by atoms with Gasteiger partial charge in [0.05, 0.1) is 12.3 Å². The van der Waals surface area contributed by atoms with E-state index in [2.05, 4.69) is 10.6 Å². The highest BCUT2D eigenvalue weighted by Crippen LogP contribution is 2.31. The molecule has 0 unspecified atom stereocenters. The molecular formula is C29H32F4N4O3S. The number of hydrogen-bond acceptors (Lipinski definition) is 5. The zero-order valence-corrected chi connectivity index (χ0v) is 23.4. The minimum atomic E-state index is -3.51. The van der Waals surface area contributed by atoms with Crippen LogP contribution >= 0.6 is 0 Å². The fourth-order valence-corrected chi connectivity index (χ4v) is 6.92. The molecule has 3 aromatic carbocycles. The second-order valence-corrected chi connectivity index (χ2v) is 12.2. The molecule has 1 heterocycles. The number of anilines is 1. The van der Waals surface area contributed by atoms with Crippen molar-refractivity contribution in [3.05, 3.63) is 101 Å². The molecular weight excluding hydrogens is 560 g/mol. The van der Waals surface area contributed by atoms with Crippen LogP contribution in [0.15, 0.2) is 60.7 Å². The van der Waals surface area contributed by atoms with E-state index >= 15 is 4.39 Å². The molecule has 7 nitrogen and oxygen atoms in total. The van der Waals surface area contributed by atoms with E-state index in [0.29, 0.717) is 24.7 Å². The Hall–Kier alpha value is -3.32. The van der Waals surface area contributed by atoms with Gasteiger partial charge in [0, 0.05) is 48.4 Å². The molecule has 4 N–H and O–H groups in total. The summed E-state index contributed by atoms with van der Waals surface area (Å²) in [7, 11) is -3.51. The highest BCUT2D eigenvalue weighted by molar-refractivity contribution is 7.88. The standard InChI is InChI=1S/C29H32F4N4O3S/c1-17-15-35-16-23(37(17)41(2,39)40)10-11-24-25(33)4-3-5-26(24)36-29(38)28(34)27(18-6-8-20(30)9-7-18)19-12-21(31)14-22(32)13-19/h3-9,12-14,17,23,27-28,35H,10-11,15-16,34H2,1-2H3,(H,36,38)/t17-,23-,27-,28-/m0/s1. The van der Waals surface area contributed by atoms with Gasteiger partial charge < -0.3 is 16.4 Å². The van der Waals surface area contributed by atoms with Crippen molar-refractivity contribution in [1.82, 2.24) is 9.62 Å². The Morgan fingerprint density at radius 2 is 1.66 bits per heavy atom. The number of piperazine rings is 1. The second kappa shape index (κ2) is 12.7. The number of nitrogens with two attached hydrogens (primary N) is 1. The lowest BCUT2D eigenvalue weighted by Crippen LogP contribution is -2.58. The minimum Gasteiger partial charge on any atom is -0.324 e. The zero-order chi connectivity index (χ0) is 29.9. The average molecular weight is 593 g/mol. The summed E-state index contributed by atoms with van der Waals surface area (Å²) in [6.07, 6.45) is 1.53. The van der Waals surface area contributed by atoms with Crippen molar-refractivity contribution in [2.45, 2.75) is 43.8 Å². The highest BCUT2D eigenvalue weighted by atomic mass is 32.2. The lowest BCUT2D eigenvalue weighted by atomic mass is 9.84. The van der Waals surface area contributed by atoms with Crippen LogP contribution in [0.1, 0.15) is 36.0 Å². The van der Waals surface area contributed by atoms with Crippen LogP contribution in [0.4, 0.5) is 23.2 Å². The predicted molar refractivity (Wildman–Crippen MR) is 149 cm³/mol. The van der Waals surface area contributed by atoms with E-state index in [-0.39, 0.29) is 35.7 Å². The van der Waals surface area contributed by atoms with Gasteiger partial charge in [-0.1, -0.05) is 18.2 Å². The van der Waals surface area contributed by atoms with E-state index in [1.165, 1.54) is 34.6 Å². The number of nitrogens with one attached hydrogen (secondary N) is 2. The lowest BCUT2D eigenvalue weighted by Gasteiger charge is -2.39. The summed E-state index contributed by atoms with van der Waals surface area (Å²) in [5.41, 5.74) is 7.05. The van der Waals surface area contributed by atoms with Crippen LogP contribution in [0, 0.1) is 23.3 Å². The molecule has 4 atom stereocenters. The van der Waals surface area contributed by atoms with Crippen LogP contribution in [0.3, 0.4) is 0 Å². The maximum atomic E-state index is 15.0. The van der Waals surface area contributed by atoms with E-state index in [1.54, 1.807) is 6.92 Å². The van der Waals surface area contributed by atoms with Crippen molar-refractivity contribution in [1.29, 1.82) is 0 Å². The molecule has 1 aliphatic rings. The van der Waals surface area contributed by atoms with Crippen LogP contribution in [0.25, 0.3) is 0 Å². The van der Waals surface area contributed by atoms with Crippen LogP contribution in [-0.4, -0.2) is 56.1 Å². The van der Waals surface area contributed by atoms with E-state index in [0.717, 1.165) is 30.5 Å². The topological polar surface area (TPSA) is 105 Å². The quantitative estimate of drug-likeness (QED) is 0.327. The number of halogens is 4. The van der Waals surface area contributed by atoms with E-state index in [1.807, 2.05) is 0 Å². The SMILES string of the molecule is C[C@H]1CNC[C@H](CCc2c(F)cccc2NC(=O)[C@@H](N)[C@@H](c2ccc(F)cc2)c2cc(F)cc(F)c2)N1S(C)(=O)=O. The normalized spacial score (nSPS) is 19.5. The summed E-state index contributed by atoms with van der Waals surface area (Å²) in [4.78, 5) is 13.4. The van der Waals surface area contributed by atoms with Crippen molar-refractivity contribution >= 4 is 21.6 Å². The average Bonchev–Trinajstić information content (AvgIpc) is 2.88. The molecule has 4 rings (SSSR count). The molecule has 3 aromatic rings. The Bertz CT molecular complexity index is 1480. The summed E-state index contributed by atoms with van der Waals surface area (Å²) in [5, 5.41) is 5.83. The van der Waals surface area contributed by atoms with Gasteiger partial charge in [-0.2, -0.15) is 4.31 Å². The summed E-state index contributed by atoms with van der Waals surface area (Å²) in [6.45, 7) is 2.67. The third-order valence-corrected chi connectivity index (χ3v) is 8.66. The number of rotatable bonds is 9. The third-order valence-electron chi connectivity index (χ3n) is 7.24. The number of benzene rings is 3. The fraction of sp³-hybridized carbons (Fsp3) is 0.345. The molecule has 1 fully saturated rings. The first-order chi connectivity index (χ1) is 19.3. The number of carbonyl (C=O) groups excluding carboxylic acids is 1. The lowest BCUT2D eigenvalue weighted by molar-refractivity contribution is -0.117. The molecule has 41 heavy (non-hydrogen) atoms. The van der Waals surface area contributed by atoms with Gasteiger partial charge >= 0.3 is 0 Å². The van der Waals surface area contributed by atoms with Crippen LogP contribution in [0.5, 0.6) is 0 Å². The van der Waals surface area contributed by atoms with Gasteiger partial charge in [-0.25, -0.2) is 26.0 Å². The number of amides is 1. The van der Waals surface area contributed by atoms with E-state index in [9.17, 15) is 26.4 Å². The Labute approximate surface area is 236 Å². The van der Waals surface area contributed by atoms with Gasteiger partial charge in [0.25, 0.3) is 0 Å². The third kappa shape index (κ3) is 7.31. The maximum Gasteiger partial charge on any atom is 0.242 e. The number of sulfonamides is 1. The van der Waals surface area contributed by atoms with Crippen molar-refractivity contribution in [3.8, 4) is 0 Å². The summed E-state index contributed by atoms with van der Waals surface area (Å²) in [6, 6.07) is 9.84. The van der Waals surface area contributed by atoms with Gasteiger partial charge in [0.15, 0.2) is 0 Å². The van der Waals surface area contributed by atoms with Gasteiger partial charge in [-0.15, -0.1) is 0 Å². The molecule has 0 bridgehead atoms. The van der Waals surface area contributed by atoms with E-state index in [4.69, 9.17) is 5.73 Å². The molecule has 1 aliphatic heterocycles. The van der Waals surface area contributed by atoms with Crippen LogP contribution < -0.4 is 16.4 Å². The maximum absolute atomic E-state index is 15.0. The molecule has 1 saturated heterocycles. The smallest absolute Gasteiger partial charge is 0.242 e. The number of carbonyl (C=O) groups is 1. The van der Waals surface area contributed by atoms with E-state index < -0.39 is 57.2 Å². The molecule has 0 radical (unpaired) electrons. The molecule has 0 spiro atoms. The van der Waals surface area contributed by atoms with Crippen LogP contribution in [-0.2, 0) is 21.2 Å². The van der Waals surface area contributed by atoms with Gasteiger partial charge in [0.2, 0.25) is 15.9 Å². The molecule has 0 saturated carbocycles. The molecule has 0 aromatic heterocycles. The Balaban J connectivity index is 1.60. The molecule has 1 amide bonds. The summed E-state index contributed by atoms with van der Waals surface area (Å²) in [5.74, 6) is -4.71. The summed E-state index contributed by atoms with van der Waals surface area (Å²) >= 11 is 0.